The Balaban J connectivity index is 1.34. The molecule has 0 aliphatic rings. The van der Waals surface area contributed by atoms with Crippen molar-refractivity contribution in [1.82, 2.24) is 0 Å². The van der Waals surface area contributed by atoms with E-state index in [1.807, 2.05) is 31.2 Å². The van der Waals surface area contributed by atoms with E-state index in [0.29, 0.717) is 23.7 Å². The Morgan fingerprint density at radius 1 is 0.647 bits per heavy atom. The summed E-state index contributed by atoms with van der Waals surface area (Å²) in [5.74, 6) is 4.06. The van der Waals surface area contributed by atoms with Gasteiger partial charge in [-0.05, 0) is 73.7 Å². The van der Waals surface area contributed by atoms with Crippen LogP contribution in [0.5, 0.6) is 11.5 Å². The van der Waals surface area contributed by atoms with Crippen molar-refractivity contribution in [2.24, 2.45) is 0 Å². The number of carbonyl (C=O) groups excluding carboxylic acids is 2. The van der Waals surface area contributed by atoms with Crippen LogP contribution in [0.1, 0.15) is 152 Å². The van der Waals surface area contributed by atoms with Crippen molar-refractivity contribution >= 4 is 11.9 Å². The van der Waals surface area contributed by atoms with Crippen molar-refractivity contribution in [1.29, 1.82) is 0 Å². The van der Waals surface area contributed by atoms with Crippen LogP contribution in [0.25, 0.3) is 11.1 Å². The number of hydrogen-bond acceptors (Lipinski definition) is 5. The second kappa shape index (κ2) is 24.9. The summed E-state index contributed by atoms with van der Waals surface area (Å²) in [6.45, 7) is 6.92. The third kappa shape index (κ3) is 17.1. The molecule has 0 aliphatic heterocycles. The van der Waals surface area contributed by atoms with Gasteiger partial charge in [-0.3, -0.25) is 0 Å². The third-order valence-corrected chi connectivity index (χ3v) is 9.05. The first-order valence-corrected chi connectivity index (χ1v) is 19.5. The highest BCUT2D eigenvalue weighted by atomic mass is 19.1. The molecule has 3 rings (SSSR count). The van der Waals surface area contributed by atoms with Crippen LogP contribution in [0.4, 0.5) is 4.39 Å². The lowest BCUT2D eigenvalue weighted by Gasteiger charge is -2.13. The first-order chi connectivity index (χ1) is 24.9. The van der Waals surface area contributed by atoms with E-state index in [9.17, 15) is 14.0 Å². The van der Waals surface area contributed by atoms with E-state index >= 15 is 0 Å². The van der Waals surface area contributed by atoms with Crippen molar-refractivity contribution in [3.63, 3.8) is 0 Å². The van der Waals surface area contributed by atoms with Gasteiger partial charge in [0, 0.05) is 12.0 Å². The van der Waals surface area contributed by atoms with Crippen LogP contribution in [0.3, 0.4) is 0 Å². The number of rotatable bonds is 24. The lowest BCUT2D eigenvalue weighted by molar-refractivity contribution is -0.128. The van der Waals surface area contributed by atoms with Crippen LogP contribution >= 0.6 is 0 Å². The summed E-state index contributed by atoms with van der Waals surface area (Å²) >= 11 is 0. The summed E-state index contributed by atoms with van der Waals surface area (Å²) in [5.41, 5.74) is 2.41. The van der Waals surface area contributed by atoms with Gasteiger partial charge in [-0.25, -0.2) is 14.0 Å². The van der Waals surface area contributed by atoms with E-state index in [-0.39, 0.29) is 17.6 Å². The molecule has 51 heavy (non-hydrogen) atoms. The SMILES string of the molecule is CCCCCCCCCCCCCCCOc1ccc(C#CC(=O)Oc2ccc(-c3ccc(C(=O)O[C@@H](C)CCCCCC)cc3)cc2)c(F)c1. The standard InChI is InChI=1S/C45H59FO5/c1-4-6-8-10-11-12-13-14-15-16-17-18-20-34-49-42-32-28-39(43(46)35-42)29-33-44(47)51-41-30-26-38(27-31-41)37-22-24-40(25-23-37)45(48)50-36(3)21-19-9-7-5-2/h22-28,30-32,35-36H,4-21,34H2,1-3H3/t36-/m0/s1. The van der Waals surface area contributed by atoms with Crippen molar-refractivity contribution in [2.75, 3.05) is 6.61 Å². The molecule has 0 aromatic heterocycles. The van der Waals surface area contributed by atoms with E-state index in [1.54, 1.807) is 30.3 Å². The van der Waals surface area contributed by atoms with Gasteiger partial charge in [-0.15, -0.1) is 0 Å². The van der Waals surface area contributed by atoms with Gasteiger partial charge in [0.1, 0.15) is 17.3 Å². The van der Waals surface area contributed by atoms with Crippen LogP contribution in [-0.2, 0) is 9.53 Å². The van der Waals surface area contributed by atoms with Gasteiger partial charge >= 0.3 is 11.9 Å². The van der Waals surface area contributed by atoms with E-state index < -0.39 is 11.8 Å². The molecule has 0 N–H and O–H groups in total. The summed E-state index contributed by atoms with van der Waals surface area (Å²) in [6, 6.07) is 18.7. The molecule has 6 heteroatoms. The zero-order valence-corrected chi connectivity index (χ0v) is 31.3. The average molecular weight is 699 g/mol. The van der Waals surface area contributed by atoms with Crippen LogP contribution in [0, 0.1) is 17.7 Å². The van der Waals surface area contributed by atoms with Crippen molar-refractivity contribution in [2.45, 2.75) is 142 Å². The first kappa shape index (κ1) is 41.3. The highest BCUT2D eigenvalue weighted by molar-refractivity contribution is 5.91. The molecule has 3 aromatic carbocycles. The minimum Gasteiger partial charge on any atom is -0.493 e. The number of esters is 2. The maximum Gasteiger partial charge on any atom is 0.390 e. The van der Waals surface area contributed by atoms with Crippen LogP contribution < -0.4 is 9.47 Å². The zero-order valence-electron chi connectivity index (χ0n) is 31.3. The first-order valence-electron chi connectivity index (χ1n) is 19.5. The van der Waals surface area contributed by atoms with Gasteiger partial charge < -0.3 is 14.2 Å². The molecule has 0 spiro atoms. The number of ether oxygens (including phenoxy) is 3. The van der Waals surface area contributed by atoms with Gasteiger partial charge in [-0.1, -0.05) is 140 Å². The summed E-state index contributed by atoms with van der Waals surface area (Å²) in [6.07, 6.45) is 22.1. The monoisotopic (exact) mass is 698 g/mol. The largest absolute Gasteiger partial charge is 0.493 e. The molecule has 276 valence electrons. The van der Waals surface area contributed by atoms with Crippen molar-refractivity contribution < 1.29 is 28.2 Å². The van der Waals surface area contributed by atoms with Crippen LogP contribution in [0.15, 0.2) is 66.7 Å². The Hall–Kier alpha value is -4.11. The Morgan fingerprint density at radius 3 is 1.73 bits per heavy atom. The number of unbranched alkanes of at least 4 members (excludes halogenated alkanes) is 15. The van der Waals surface area contributed by atoms with Crippen molar-refractivity contribution in [3.05, 3.63) is 83.7 Å². The number of halogens is 1. The van der Waals surface area contributed by atoms with E-state index in [0.717, 1.165) is 43.2 Å². The van der Waals surface area contributed by atoms with E-state index in [4.69, 9.17) is 14.2 Å². The molecule has 5 nitrogen and oxygen atoms in total. The molecule has 0 saturated heterocycles. The molecule has 0 amide bonds. The minimum absolute atomic E-state index is 0.101. The van der Waals surface area contributed by atoms with Crippen LogP contribution in [0.2, 0.25) is 0 Å². The second-order valence-corrected chi connectivity index (χ2v) is 13.5. The molecule has 0 aliphatic carbocycles. The summed E-state index contributed by atoms with van der Waals surface area (Å²) in [5, 5.41) is 0. The maximum absolute atomic E-state index is 14.6. The van der Waals surface area contributed by atoms with Gasteiger partial charge in [0.15, 0.2) is 0 Å². The van der Waals surface area contributed by atoms with E-state index in [2.05, 4.69) is 25.7 Å². The maximum atomic E-state index is 14.6. The molecule has 0 radical (unpaired) electrons. The van der Waals surface area contributed by atoms with Gasteiger partial charge in [0.2, 0.25) is 0 Å². The number of benzene rings is 3. The quantitative estimate of drug-likeness (QED) is 0.0403. The molecule has 0 fully saturated rings. The van der Waals surface area contributed by atoms with Gasteiger partial charge in [0.25, 0.3) is 0 Å². The van der Waals surface area contributed by atoms with Crippen molar-refractivity contribution in [3.8, 4) is 34.5 Å². The molecule has 3 aromatic rings. The summed E-state index contributed by atoms with van der Waals surface area (Å²) in [4.78, 5) is 24.9. The molecule has 0 bridgehead atoms. The summed E-state index contributed by atoms with van der Waals surface area (Å²) in [7, 11) is 0. The molecule has 0 heterocycles. The fourth-order valence-electron chi connectivity index (χ4n) is 5.93. The fourth-order valence-corrected chi connectivity index (χ4v) is 5.93. The number of hydrogen-bond donors (Lipinski definition) is 0. The molecule has 0 unspecified atom stereocenters. The summed E-state index contributed by atoms with van der Waals surface area (Å²) < 4.78 is 31.3. The predicted octanol–water partition coefficient (Wildman–Crippen LogP) is 12.4. The predicted molar refractivity (Wildman–Crippen MR) is 206 cm³/mol. The molecule has 0 saturated carbocycles. The zero-order chi connectivity index (χ0) is 36.5. The Labute approximate surface area is 306 Å². The number of carbonyl (C=O) groups is 2. The Bertz CT molecular complexity index is 1490. The van der Waals surface area contributed by atoms with Gasteiger partial charge in [0.05, 0.1) is 23.8 Å². The smallest absolute Gasteiger partial charge is 0.390 e. The highest BCUT2D eigenvalue weighted by Gasteiger charge is 2.12. The highest BCUT2D eigenvalue weighted by Crippen LogP contribution is 2.24. The normalized spacial score (nSPS) is 11.4. The fraction of sp³-hybridized carbons (Fsp3) is 0.511. The van der Waals surface area contributed by atoms with E-state index in [1.165, 1.54) is 95.6 Å². The van der Waals surface area contributed by atoms with Gasteiger partial charge in [-0.2, -0.15) is 0 Å². The third-order valence-electron chi connectivity index (χ3n) is 9.05. The minimum atomic E-state index is -0.785. The molecular formula is C45H59FO5. The average Bonchev–Trinajstić information content (AvgIpc) is 3.13. The van der Waals surface area contributed by atoms with Crippen LogP contribution in [-0.4, -0.2) is 24.6 Å². The lowest BCUT2D eigenvalue weighted by atomic mass is 10.0. The topological polar surface area (TPSA) is 61.8 Å². The molecular weight excluding hydrogens is 639 g/mol. The Kier molecular flexibility index (Phi) is 20.2. The lowest BCUT2D eigenvalue weighted by Crippen LogP contribution is -2.15. The Morgan fingerprint density at radius 2 is 1.16 bits per heavy atom. The molecule has 1 atom stereocenters. The second-order valence-electron chi connectivity index (χ2n) is 13.5.